The van der Waals surface area contributed by atoms with Crippen molar-refractivity contribution in [3.63, 3.8) is 0 Å². The molecule has 1 aromatic heterocycles. The number of nitrogen functional groups attached to an aromatic ring is 1. The van der Waals surface area contributed by atoms with Crippen LogP contribution in [-0.4, -0.2) is 40.0 Å². The average Bonchev–Trinajstić information content (AvgIpc) is 2.73. The van der Waals surface area contributed by atoms with Gasteiger partial charge in [0, 0.05) is 23.9 Å². The van der Waals surface area contributed by atoms with E-state index in [4.69, 9.17) is 10.5 Å². The number of anilines is 2. The predicted octanol–water partition coefficient (Wildman–Crippen LogP) is 3.73. The molecule has 30 heavy (non-hydrogen) atoms. The predicted molar refractivity (Wildman–Crippen MR) is 117 cm³/mol. The number of unbranched alkanes of at least 4 members (excludes halogenated alkanes) is 2. The van der Waals surface area contributed by atoms with Crippen molar-refractivity contribution in [1.29, 1.82) is 0 Å². The van der Waals surface area contributed by atoms with E-state index in [0.29, 0.717) is 22.8 Å². The highest BCUT2D eigenvalue weighted by molar-refractivity contribution is 7.99. The van der Waals surface area contributed by atoms with E-state index in [1.165, 1.54) is 6.20 Å². The Balaban J connectivity index is 1.88. The van der Waals surface area contributed by atoms with Crippen molar-refractivity contribution in [2.75, 3.05) is 23.4 Å². The zero-order valence-electron chi connectivity index (χ0n) is 17.1. The molecule has 1 aromatic carbocycles. The summed E-state index contributed by atoms with van der Waals surface area (Å²) in [4.78, 5) is 44.1. The maximum atomic E-state index is 12.4. The highest BCUT2D eigenvalue weighted by Gasteiger charge is 2.15. The average molecular weight is 431 g/mol. The fraction of sp³-hybridized carbons (Fsp3) is 0.381. The minimum atomic E-state index is -0.583. The second kappa shape index (κ2) is 11.9. The summed E-state index contributed by atoms with van der Waals surface area (Å²) in [6, 6.07) is 6.75. The van der Waals surface area contributed by atoms with Gasteiger partial charge < -0.3 is 15.8 Å². The zero-order valence-corrected chi connectivity index (χ0v) is 18.0. The second-order valence-electron chi connectivity index (χ2n) is 6.47. The molecule has 0 saturated carbocycles. The van der Waals surface area contributed by atoms with E-state index in [2.05, 4.69) is 22.2 Å². The molecule has 2 aromatic rings. The van der Waals surface area contributed by atoms with Crippen LogP contribution < -0.4 is 11.1 Å². The van der Waals surface area contributed by atoms with Crippen LogP contribution in [0.4, 0.5) is 11.5 Å². The van der Waals surface area contributed by atoms with E-state index in [1.807, 2.05) is 0 Å². The molecule has 1 amide bonds. The molecule has 0 aliphatic rings. The number of carbonyl (C=O) groups excluding carboxylic acids is 3. The van der Waals surface area contributed by atoms with E-state index < -0.39 is 5.97 Å². The first kappa shape index (κ1) is 23.3. The van der Waals surface area contributed by atoms with Gasteiger partial charge in [0.1, 0.15) is 11.4 Å². The van der Waals surface area contributed by atoms with Gasteiger partial charge in [0.05, 0.1) is 12.4 Å². The lowest BCUT2D eigenvalue weighted by atomic mass is 10.1. The number of amides is 1. The molecule has 1 heterocycles. The van der Waals surface area contributed by atoms with Gasteiger partial charge in [-0.3, -0.25) is 9.59 Å². The summed E-state index contributed by atoms with van der Waals surface area (Å²) in [6.07, 6.45) is 4.74. The van der Waals surface area contributed by atoms with Crippen molar-refractivity contribution in [2.45, 2.75) is 44.7 Å². The minimum absolute atomic E-state index is 0.0115. The molecule has 0 spiro atoms. The first-order valence-electron chi connectivity index (χ1n) is 9.80. The first-order chi connectivity index (χ1) is 14.4. The van der Waals surface area contributed by atoms with Crippen molar-refractivity contribution >= 4 is 40.9 Å². The highest BCUT2D eigenvalue weighted by Crippen LogP contribution is 2.19. The van der Waals surface area contributed by atoms with Gasteiger partial charge in [-0.05, 0) is 37.6 Å². The summed E-state index contributed by atoms with van der Waals surface area (Å²) in [5, 5.41) is 3.12. The number of nitrogens with one attached hydrogen (secondary N) is 1. The summed E-state index contributed by atoms with van der Waals surface area (Å²) >= 11 is 1.12. The third-order valence-corrected chi connectivity index (χ3v) is 4.98. The number of benzene rings is 1. The molecule has 8 nitrogen and oxygen atoms in total. The Bertz CT molecular complexity index is 887. The number of hydrogen-bond acceptors (Lipinski definition) is 8. The molecule has 0 aliphatic carbocycles. The van der Waals surface area contributed by atoms with E-state index in [1.54, 1.807) is 31.2 Å². The molecule has 0 bridgehead atoms. The Morgan fingerprint density at radius 2 is 1.87 bits per heavy atom. The van der Waals surface area contributed by atoms with Gasteiger partial charge in [0.2, 0.25) is 5.91 Å². The summed E-state index contributed by atoms with van der Waals surface area (Å²) in [5.74, 6) is -0.602. The number of nitrogens with two attached hydrogens (primary N) is 1. The molecule has 3 N–H and O–H groups in total. The van der Waals surface area contributed by atoms with E-state index >= 15 is 0 Å². The number of rotatable bonds is 11. The van der Waals surface area contributed by atoms with Gasteiger partial charge >= 0.3 is 5.97 Å². The quantitative estimate of drug-likeness (QED) is 0.182. The molecule has 0 fully saturated rings. The number of esters is 1. The number of hydrogen-bond donors (Lipinski definition) is 2. The number of ketones is 1. The Morgan fingerprint density at radius 1 is 1.13 bits per heavy atom. The van der Waals surface area contributed by atoms with Gasteiger partial charge in [-0.15, -0.1) is 0 Å². The first-order valence-corrected chi connectivity index (χ1v) is 10.8. The van der Waals surface area contributed by atoms with Gasteiger partial charge in [-0.2, -0.15) is 0 Å². The van der Waals surface area contributed by atoms with E-state index in [0.717, 1.165) is 31.0 Å². The summed E-state index contributed by atoms with van der Waals surface area (Å²) in [5.41, 5.74) is 7.05. The number of Topliss-reactive ketones (excluding diaryl/α,β-unsaturated/α-hetero) is 1. The topological polar surface area (TPSA) is 124 Å². The monoisotopic (exact) mass is 430 g/mol. The SMILES string of the molecule is CCCCCC(=O)Nc1ccc(C(=O)CSc2ncc(C(=O)OCC)c(N)n2)cc1. The van der Waals surface area contributed by atoms with Crippen LogP contribution in [-0.2, 0) is 9.53 Å². The maximum Gasteiger partial charge on any atom is 0.343 e. The smallest absolute Gasteiger partial charge is 0.343 e. The van der Waals surface area contributed by atoms with Crippen LogP contribution in [0.25, 0.3) is 0 Å². The van der Waals surface area contributed by atoms with Gasteiger partial charge in [-0.25, -0.2) is 14.8 Å². The Kier molecular flexibility index (Phi) is 9.27. The van der Waals surface area contributed by atoms with Crippen LogP contribution >= 0.6 is 11.8 Å². The fourth-order valence-corrected chi connectivity index (χ4v) is 3.24. The van der Waals surface area contributed by atoms with Crippen LogP contribution in [0.1, 0.15) is 60.2 Å². The lowest BCUT2D eigenvalue weighted by Crippen LogP contribution is -2.12. The zero-order chi connectivity index (χ0) is 21.9. The Morgan fingerprint density at radius 3 is 2.50 bits per heavy atom. The minimum Gasteiger partial charge on any atom is -0.462 e. The standard InChI is InChI=1S/C21H26N4O4S/c1-3-5-6-7-18(27)24-15-10-8-14(9-11-15)17(26)13-30-21-23-12-16(19(22)25-21)20(28)29-4-2/h8-12H,3-7,13H2,1-2H3,(H,24,27)(H2,22,23,25). The number of aromatic nitrogens is 2. The molecule has 0 atom stereocenters. The summed E-state index contributed by atoms with van der Waals surface area (Å²) in [7, 11) is 0. The lowest BCUT2D eigenvalue weighted by molar-refractivity contribution is -0.116. The number of nitrogens with zero attached hydrogens (tertiary/aromatic N) is 2. The second-order valence-corrected chi connectivity index (χ2v) is 7.41. The number of ether oxygens (including phenoxy) is 1. The van der Waals surface area contributed by atoms with Crippen molar-refractivity contribution in [2.24, 2.45) is 0 Å². The van der Waals surface area contributed by atoms with Crippen LogP contribution in [0.5, 0.6) is 0 Å². The summed E-state index contributed by atoms with van der Waals surface area (Å²) < 4.78 is 4.88. The molecule has 0 aliphatic heterocycles. The third kappa shape index (κ3) is 7.14. The molecule has 160 valence electrons. The molecule has 0 unspecified atom stereocenters. The van der Waals surface area contributed by atoms with Crippen LogP contribution in [0.3, 0.4) is 0 Å². The van der Waals surface area contributed by atoms with Gasteiger partial charge in [0.15, 0.2) is 10.9 Å². The number of carbonyl (C=O) groups is 3. The van der Waals surface area contributed by atoms with Crippen LogP contribution in [0.15, 0.2) is 35.6 Å². The Labute approximate surface area is 180 Å². The van der Waals surface area contributed by atoms with E-state index in [-0.39, 0.29) is 35.4 Å². The molecule has 0 radical (unpaired) electrons. The van der Waals surface area contributed by atoms with Gasteiger partial charge in [-0.1, -0.05) is 31.5 Å². The van der Waals surface area contributed by atoms with Crippen molar-refractivity contribution in [3.8, 4) is 0 Å². The highest BCUT2D eigenvalue weighted by atomic mass is 32.2. The van der Waals surface area contributed by atoms with Crippen molar-refractivity contribution < 1.29 is 19.1 Å². The Hall–Kier alpha value is -2.94. The molecule has 0 saturated heterocycles. The number of thioether (sulfide) groups is 1. The van der Waals surface area contributed by atoms with Crippen LogP contribution in [0.2, 0.25) is 0 Å². The van der Waals surface area contributed by atoms with Gasteiger partial charge in [0.25, 0.3) is 0 Å². The largest absolute Gasteiger partial charge is 0.462 e. The van der Waals surface area contributed by atoms with Crippen LogP contribution in [0, 0.1) is 0 Å². The van der Waals surface area contributed by atoms with Crippen molar-refractivity contribution in [1.82, 2.24) is 9.97 Å². The third-order valence-electron chi connectivity index (χ3n) is 4.12. The lowest BCUT2D eigenvalue weighted by Gasteiger charge is -2.07. The molecular formula is C21H26N4O4S. The fourth-order valence-electron chi connectivity index (χ4n) is 2.53. The molecule has 2 rings (SSSR count). The van der Waals surface area contributed by atoms with E-state index in [9.17, 15) is 14.4 Å². The molecular weight excluding hydrogens is 404 g/mol. The molecule has 9 heteroatoms. The van der Waals surface area contributed by atoms with Crippen molar-refractivity contribution in [3.05, 3.63) is 41.6 Å². The normalized spacial score (nSPS) is 10.5. The summed E-state index contributed by atoms with van der Waals surface area (Å²) in [6.45, 7) is 4.01. The maximum absolute atomic E-state index is 12.4.